The van der Waals surface area contributed by atoms with Crippen molar-refractivity contribution in [2.24, 2.45) is 0 Å². The summed E-state index contributed by atoms with van der Waals surface area (Å²) in [6.07, 6.45) is 0. The van der Waals surface area contributed by atoms with Crippen molar-refractivity contribution >= 4 is 21.6 Å². The summed E-state index contributed by atoms with van der Waals surface area (Å²) in [4.78, 5) is 18.3. The van der Waals surface area contributed by atoms with Crippen LogP contribution >= 0.6 is 0 Å². The third kappa shape index (κ3) is 4.74. The number of sulfonamides is 1. The Bertz CT molecular complexity index is 1050. The summed E-state index contributed by atoms with van der Waals surface area (Å²) in [6, 6.07) is 15.6. The lowest BCUT2D eigenvalue weighted by Crippen LogP contribution is -2.26. The number of carbonyl (C=O) groups excluding carboxylic acids is 1. The second kappa shape index (κ2) is 8.22. The number of nitrogens with zero attached hydrogens (tertiary/aromatic N) is 3. The lowest BCUT2D eigenvalue weighted by molar-refractivity contribution is 0.0769. The van der Waals surface area contributed by atoms with Gasteiger partial charge in [0.25, 0.3) is 5.91 Å². The van der Waals surface area contributed by atoms with E-state index in [0.29, 0.717) is 23.0 Å². The lowest BCUT2D eigenvalue weighted by atomic mass is 10.2. The molecule has 0 spiro atoms. The van der Waals surface area contributed by atoms with Crippen LogP contribution in [0.1, 0.15) is 23.2 Å². The first-order chi connectivity index (χ1) is 13.4. The monoisotopic (exact) mass is 400 g/mol. The number of aromatic nitrogens is 2. The van der Waals surface area contributed by atoms with Crippen LogP contribution in [0.15, 0.2) is 59.1 Å². The molecule has 0 fully saturated rings. The molecule has 28 heavy (non-hydrogen) atoms. The molecule has 9 heteroatoms. The third-order valence-electron chi connectivity index (χ3n) is 4.00. The predicted octanol–water partition coefficient (Wildman–Crippen LogP) is 2.77. The first-order valence-corrected chi connectivity index (χ1v) is 10.3. The highest BCUT2D eigenvalue weighted by atomic mass is 32.2. The van der Waals surface area contributed by atoms with Crippen molar-refractivity contribution in [1.82, 2.24) is 15.0 Å². The average Bonchev–Trinajstić information content (AvgIpc) is 3.17. The van der Waals surface area contributed by atoms with E-state index in [1.54, 1.807) is 38.2 Å². The van der Waals surface area contributed by atoms with E-state index in [-0.39, 0.29) is 18.2 Å². The molecule has 3 rings (SSSR count). The van der Waals surface area contributed by atoms with Crippen molar-refractivity contribution in [1.29, 1.82) is 0 Å². The average molecular weight is 400 g/mol. The van der Waals surface area contributed by atoms with Gasteiger partial charge in [-0.1, -0.05) is 35.5 Å². The minimum atomic E-state index is -3.36. The van der Waals surface area contributed by atoms with E-state index in [4.69, 9.17) is 4.52 Å². The second-order valence-electron chi connectivity index (χ2n) is 6.12. The normalized spacial score (nSPS) is 11.2. The van der Waals surface area contributed by atoms with Crippen molar-refractivity contribution < 1.29 is 17.7 Å². The maximum Gasteiger partial charge on any atom is 0.254 e. The quantitative estimate of drug-likeness (QED) is 0.654. The molecule has 1 N–H and O–H groups in total. The first-order valence-electron chi connectivity index (χ1n) is 8.62. The number of hydrogen-bond acceptors (Lipinski definition) is 6. The van der Waals surface area contributed by atoms with Crippen LogP contribution in [0.5, 0.6) is 0 Å². The van der Waals surface area contributed by atoms with Gasteiger partial charge in [0, 0.05) is 23.9 Å². The summed E-state index contributed by atoms with van der Waals surface area (Å²) in [5.74, 6) is 0.515. The Labute approximate surface area is 163 Å². The Morgan fingerprint density at radius 1 is 1.11 bits per heavy atom. The largest absolute Gasteiger partial charge is 0.337 e. The highest BCUT2D eigenvalue weighted by Gasteiger charge is 2.16. The summed E-state index contributed by atoms with van der Waals surface area (Å²) in [6.45, 7) is 1.71. The molecule has 2 aromatic carbocycles. The van der Waals surface area contributed by atoms with Crippen molar-refractivity contribution in [3.63, 3.8) is 0 Å². The van der Waals surface area contributed by atoms with Gasteiger partial charge in [-0.2, -0.15) is 4.98 Å². The Balaban J connectivity index is 1.65. The molecule has 0 aliphatic carbocycles. The van der Waals surface area contributed by atoms with Gasteiger partial charge in [-0.25, -0.2) is 8.42 Å². The van der Waals surface area contributed by atoms with Crippen molar-refractivity contribution in [3.8, 4) is 11.4 Å². The van der Waals surface area contributed by atoms with Crippen LogP contribution in [0.3, 0.4) is 0 Å². The third-order valence-corrected chi connectivity index (χ3v) is 5.31. The fourth-order valence-electron chi connectivity index (χ4n) is 2.45. The summed E-state index contributed by atoms with van der Waals surface area (Å²) >= 11 is 0. The summed E-state index contributed by atoms with van der Waals surface area (Å²) in [5.41, 5.74) is 1.66. The van der Waals surface area contributed by atoms with Gasteiger partial charge in [-0.3, -0.25) is 9.52 Å². The van der Waals surface area contributed by atoms with Gasteiger partial charge >= 0.3 is 0 Å². The number of hydrogen-bond donors (Lipinski definition) is 1. The van der Waals surface area contributed by atoms with Gasteiger partial charge in [-0.15, -0.1) is 0 Å². The molecule has 0 saturated carbocycles. The smallest absolute Gasteiger partial charge is 0.254 e. The van der Waals surface area contributed by atoms with Crippen molar-refractivity contribution in [3.05, 3.63) is 66.1 Å². The Morgan fingerprint density at radius 2 is 1.79 bits per heavy atom. The minimum absolute atomic E-state index is 0.0223. The Hall–Kier alpha value is -3.20. The number of benzene rings is 2. The number of amides is 1. The summed E-state index contributed by atoms with van der Waals surface area (Å²) in [7, 11) is -1.73. The van der Waals surface area contributed by atoms with Crippen LogP contribution in [0.4, 0.5) is 5.69 Å². The van der Waals surface area contributed by atoms with E-state index in [0.717, 1.165) is 5.56 Å². The van der Waals surface area contributed by atoms with Crippen LogP contribution in [0.2, 0.25) is 0 Å². The second-order valence-corrected chi connectivity index (χ2v) is 8.13. The van der Waals surface area contributed by atoms with Crippen LogP contribution in [0, 0.1) is 0 Å². The van der Waals surface area contributed by atoms with E-state index in [9.17, 15) is 13.2 Å². The van der Waals surface area contributed by atoms with E-state index >= 15 is 0 Å². The number of carbonyl (C=O) groups is 1. The van der Waals surface area contributed by atoms with E-state index < -0.39 is 10.0 Å². The lowest BCUT2D eigenvalue weighted by Gasteiger charge is -2.15. The Kier molecular flexibility index (Phi) is 5.74. The molecule has 0 unspecified atom stereocenters. The molecule has 1 aromatic heterocycles. The molecular formula is C19H20N4O4S. The molecule has 1 amide bonds. The number of rotatable bonds is 7. The molecule has 0 aliphatic heterocycles. The summed E-state index contributed by atoms with van der Waals surface area (Å²) < 4.78 is 30.9. The molecule has 146 valence electrons. The van der Waals surface area contributed by atoms with Gasteiger partial charge in [-0.05, 0) is 31.2 Å². The number of anilines is 1. The van der Waals surface area contributed by atoms with Gasteiger partial charge in [0.15, 0.2) is 0 Å². The topological polar surface area (TPSA) is 105 Å². The summed E-state index contributed by atoms with van der Waals surface area (Å²) in [5, 5.41) is 3.94. The molecule has 0 radical (unpaired) electrons. The molecule has 1 heterocycles. The molecule has 0 saturated heterocycles. The molecule has 3 aromatic rings. The zero-order valence-electron chi connectivity index (χ0n) is 15.5. The first kappa shape index (κ1) is 19.6. The molecule has 0 bridgehead atoms. The van der Waals surface area contributed by atoms with Gasteiger partial charge in [0.05, 0.1) is 12.3 Å². The van der Waals surface area contributed by atoms with E-state index in [1.807, 2.05) is 30.3 Å². The zero-order chi connectivity index (χ0) is 20.1. The highest BCUT2D eigenvalue weighted by Crippen LogP contribution is 2.17. The maximum absolute atomic E-state index is 12.6. The minimum Gasteiger partial charge on any atom is -0.337 e. The fourth-order valence-corrected chi connectivity index (χ4v) is 3.09. The number of nitrogens with one attached hydrogen (secondary N) is 1. The van der Waals surface area contributed by atoms with Crippen LogP contribution in [-0.2, 0) is 16.6 Å². The van der Waals surface area contributed by atoms with Crippen molar-refractivity contribution in [2.75, 3.05) is 17.5 Å². The highest BCUT2D eigenvalue weighted by molar-refractivity contribution is 7.92. The predicted molar refractivity (Wildman–Crippen MR) is 105 cm³/mol. The van der Waals surface area contributed by atoms with Crippen LogP contribution in [-0.4, -0.2) is 42.2 Å². The molecule has 8 nitrogen and oxygen atoms in total. The van der Waals surface area contributed by atoms with E-state index in [2.05, 4.69) is 14.9 Å². The van der Waals surface area contributed by atoms with Crippen LogP contribution < -0.4 is 4.72 Å². The standard InChI is InChI=1S/C19H20N4O4S/c1-3-28(25,26)22-16-11-9-15(10-12-16)19(24)23(2)13-17-20-18(21-27-17)14-7-5-4-6-8-14/h4-12,22H,3,13H2,1-2H3. The van der Waals surface area contributed by atoms with Crippen LogP contribution in [0.25, 0.3) is 11.4 Å². The fraction of sp³-hybridized carbons (Fsp3) is 0.211. The maximum atomic E-state index is 12.6. The molecule has 0 aliphatic rings. The molecule has 0 atom stereocenters. The van der Waals surface area contributed by atoms with Gasteiger partial charge < -0.3 is 9.42 Å². The van der Waals surface area contributed by atoms with E-state index in [1.165, 1.54) is 4.90 Å². The van der Waals surface area contributed by atoms with Crippen molar-refractivity contribution in [2.45, 2.75) is 13.5 Å². The zero-order valence-corrected chi connectivity index (χ0v) is 16.3. The molecular weight excluding hydrogens is 380 g/mol. The Morgan fingerprint density at radius 3 is 2.43 bits per heavy atom. The SMILES string of the molecule is CCS(=O)(=O)Nc1ccc(C(=O)N(C)Cc2nc(-c3ccccc3)no2)cc1. The van der Waals surface area contributed by atoms with Gasteiger partial charge in [0.1, 0.15) is 0 Å². The van der Waals surface area contributed by atoms with Gasteiger partial charge in [0.2, 0.25) is 21.7 Å².